The van der Waals surface area contributed by atoms with Gasteiger partial charge < -0.3 is 14.2 Å². The summed E-state index contributed by atoms with van der Waals surface area (Å²) in [7, 11) is 0. The zero-order chi connectivity index (χ0) is 57.1. The molecule has 0 aromatic heterocycles. The molecule has 0 radical (unpaired) electrons. The quantitative estimate of drug-likeness (QED) is 0.0261. The molecule has 0 aliphatic rings. The highest BCUT2D eigenvalue weighted by Gasteiger charge is 2.19. The van der Waals surface area contributed by atoms with Crippen molar-refractivity contribution in [1.82, 2.24) is 0 Å². The molecule has 0 saturated heterocycles. The summed E-state index contributed by atoms with van der Waals surface area (Å²) < 4.78 is 17.0. The number of carbonyl (C=O) groups is 3. The molecule has 0 aliphatic heterocycles. The van der Waals surface area contributed by atoms with E-state index in [4.69, 9.17) is 14.2 Å². The van der Waals surface area contributed by atoms with Gasteiger partial charge in [-0.05, 0) is 96.3 Å². The van der Waals surface area contributed by atoms with Crippen LogP contribution in [-0.4, -0.2) is 37.2 Å². The largest absolute Gasteiger partial charge is 0.462 e. The van der Waals surface area contributed by atoms with Crippen molar-refractivity contribution in [2.45, 2.75) is 348 Å². The fourth-order valence-electron chi connectivity index (χ4n) is 9.80. The van der Waals surface area contributed by atoms with Crippen LogP contribution in [0.1, 0.15) is 342 Å². The number of ether oxygens (including phenoxy) is 3. The van der Waals surface area contributed by atoms with E-state index in [2.05, 4.69) is 106 Å². The van der Waals surface area contributed by atoms with Crippen LogP contribution in [0.15, 0.2) is 85.1 Å². The second-order valence-corrected chi connectivity index (χ2v) is 22.7. The normalized spacial score (nSPS) is 12.6. The maximum Gasteiger partial charge on any atom is 0.306 e. The maximum absolute atomic E-state index is 12.9. The van der Waals surface area contributed by atoms with Crippen LogP contribution in [0.2, 0.25) is 0 Å². The molecule has 0 spiro atoms. The summed E-state index contributed by atoms with van der Waals surface area (Å²) in [5.41, 5.74) is 0. The highest BCUT2D eigenvalue weighted by Crippen LogP contribution is 2.17. The minimum atomic E-state index is -0.789. The van der Waals surface area contributed by atoms with E-state index in [0.717, 1.165) is 116 Å². The lowest BCUT2D eigenvalue weighted by Crippen LogP contribution is -2.30. The van der Waals surface area contributed by atoms with Crippen molar-refractivity contribution in [3.63, 3.8) is 0 Å². The molecule has 79 heavy (non-hydrogen) atoms. The lowest BCUT2D eigenvalue weighted by molar-refractivity contribution is -0.167. The summed E-state index contributed by atoms with van der Waals surface area (Å²) in [6, 6.07) is 0. The summed E-state index contributed by atoms with van der Waals surface area (Å²) in [6.07, 6.45) is 88.8. The molecule has 6 heteroatoms. The van der Waals surface area contributed by atoms with Crippen LogP contribution in [0.3, 0.4) is 0 Å². The standard InChI is InChI=1S/C73H128O6/c1-4-7-10-13-16-19-22-25-28-31-33-35-36-38-39-42-45-48-51-54-57-60-63-66-72(75)78-69-70(68-77-71(74)65-62-59-56-53-50-47-44-41-30-27-24-21-18-15-12-9-6-3)79-73(76)67-64-61-58-55-52-49-46-43-40-37-34-32-29-26-23-20-17-14-11-8-5-2/h8,11,17,20,22,25-26,29,31,33-34,37,43,46,70H,4-7,9-10,12-16,18-19,21,23-24,27-28,30,32,35-36,38-42,44-45,47-69H2,1-3H3/b11-8-,20-17-,25-22-,29-26-,33-31-,37-34-,46-43-. The van der Waals surface area contributed by atoms with Gasteiger partial charge in [0.25, 0.3) is 0 Å². The topological polar surface area (TPSA) is 78.9 Å². The van der Waals surface area contributed by atoms with E-state index >= 15 is 0 Å². The lowest BCUT2D eigenvalue weighted by Gasteiger charge is -2.18. The van der Waals surface area contributed by atoms with E-state index in [1.165, 1.54) is 186 Å². The predicted molar refractivity (Wildman–Crippen MR) is 344 cm³/mol. The molecule has 0 aromatic carbocycles. The molecule has 0 saturated carbocycles. The summed E-state index contributed by atoms with van der Waals surface area (Å²) in [5, 5.41) is 0. The Morgan fingerprint density at radius 3 is 0.772 bits per heavy atom. The Balaban J connectivity index is 4.39. The van der Waals surface area contributed by atoms with E-state index in [-0.39, 0.29) is 31.1 Å². The molecule has 1 unspecified atom stereocenters. The molecule has 0 amide bonds. The fourth-order valence-corrected chi connectivity index (χ4v) is 9.80. The first-order valence-corrected chi connectivity index (χ1v) is 34.1. The Morgan fingerprint density at radius 2 is 0.494 bits per heavy atom. The Morgan fingerprint density at radius 1 is 0.266 bits per heavy atom. The summed E-state index contributed by atoms with van der Waals surface area (Å²) in [4.78, 5) is 38.4. The first-order valence-electron chi connectivity index (χ1n) is 34.1. The number of unbranched alkanes of at least 4 members (excludes halogenated alkanes) is 37. The van der Waals surface area contributed by atoms with Gasteiger partial charge >= 0.3 is 17.9 Å². The Labute approximate surface area is 490 Å². The minimum absolute atomic E-state index is 0.0819. The highest BCUT2D eigenvalue weighted by molar-refractivity contribution is 5.71. The number of allylic oxidation sites excluding steroid dienone is 14. The van der Waals surface area contributed by atoms with Crippen molar-refractivity contribution in [2.24, 2.45) is 0 Å². The Kier molecular flexibility index (Phi) is 64.2. The van der Waals surface area contributed by atoms with Gasteiger partial charge in [0.2, 0.25) is 0 Å². The second kappa shape index (κ2) is 67.1. The molecule has 6 nitrogen and oxygen atoms in total. The fraction of sp³-hybridized carbons (Fsp3) is 0.767. The minimum Gasteiger partial charge on any atom is -0.462 e. The van der Waals surface area contributed by atoms with Crippen LogP contribution in [0, 0.1) is 0 Å². The molecule has 1 atom stereocenters. The van der Waals surface area contributed by atoms with E-state index in [0.29, 0.717) is 19.3 Å². The van der Waals surface area contributed by atoms with Gasteiger partial charge in [0.1, 0.15) is 13.2 Å². The molecule has 0 N–H and O–H groups in total. The number of rotatable bonds is 62. The van der Waals surface area contributed by atoms with Crippen molar-refractivity contribution in [1.29, 1.82) is 0 Å². The molecule has 456 valence electrons. The molecule has 0 aliphatic carbocycles. The van der Waals surface area contributed by atoms with Crippen LogP contribution < -0.4 is 0 Å². The monoisotopic (exact) mass is 1100 g/mol. The van der Waals surface area contributed by atoms with Crippen molar-refractivity contribution < 1.29 is 28.6 Å². The van der Waals surface area contributed by atoms with Crippen molar-refractivity contribution in [3.8, 4) is 0 Å². The van der Waals surface area contributed by atoms with Crippen molar-refractivity contribution >= 4 is 17.9 Å². The van der Waals surface area contributed by atoms with E-state index < -0.39 is 6.10 Å². The van der Waals surface area contributed by atoms with Gasteiger partial charge in [-0.2, -0.15) is 0 Å². The van der Waals surface area contributed by atoms with Gasteiger partial charge in [0, 0.05) is 19.3 Å². The first kappa shape index (κ1) is 75.6. The second-order valence-electron chi connectivity index (χ2n) is 22.7. The highest BCUT2D eigenvalue weighted by atomic mass is 16.6. The van der Waals surface area contributed by atoms with Gasteiger partial charge in [-0.15, -0.1) is 0 Å². The third-order valence-corrected chi connectivity index (χ3v) is 14.9. The van der Waals surface area contributed by atoms with Crippen LogP contribution in [-0.2, 0) is 28.6 Å². The van der Waals surface area contributed by atoms with E-state index in [1.807, 2.05) is 0 Å². The molecule has 0 rings (SSSR count). The average Bonchev–Trinajstić information content (AvgIpc) is 3.45. The zero-order valence-corrected chi connectivity index (χ0v) is 52.4. The number of hydrogen-bond donors (Lipinski definition) is 0. The lowest BCUT2D eigenvalue weighted by atomic mass is 10.0. The van der Waals surface area contributed by atoms with Crippen LogP contribution >= 0.6 is 0 Å². The molecule has 0 bridgehead atoms. The smallest absolute Gasteiger partial charge is 0.306 e. The number of carbonyl (C=O) groups excluding carboxylic acids is 3. The van der Waals surface area contributed by atoms with Crippen molar-refractivity contribution in [2.75, 3.05) is 13.2 Å². The predicted octanol–water partition coefficient (Wildman–Crippen LogP) is 23.4. The summed E-state index contributed by atoms with van der Waals surface area (Å²) >= 11 is 0. The Bertz CT molecular complexity index is 1500. The van der Waals surface area contributed by atoms with Crippen LogP contribution in [0.4, 0.5) is 0 Å². The van der Waals surface area contributed by atoms with E-state index in [1.54, 1.807) is 0 Å². The third-order valence-electron chi connectivity index (χ3n) is 14.9. The van der Waals surface area contributed by atoms with Gasteiger partial charge in [-0.1, -0.05) is 311 Å². The SMILES string of the molecule is CC/C=C\C/C=C\C/C=C\C/C=C\C/C=C\CCCCCCCC(=O)OC(COC(=O)CCCCCCCCCCCCC/C=C\C/C=C\CCCCCCC)COC(=O)CCCCCCCCCCCCCCCCCCC. The molecule has 0 aromatic rings. The molecule has 0 fully saturated rings. The van der Waals surface area contributed by atoms with Crippen LogP contribution in [0.5, 0.6) is 0 Å². The zero-order valence-electron chi connectivity index (χ0n) is 52.4. The van der Waals surface area contributed by atoms with Crippen molar-refractivity contribution in [3.05, 3.63) is 85.1 Å². The molecular weight excluding hydrogens is 973 g/mol. The molecule has 0 heterocycles. The molecular formula is C73H128O6. The first-order chi connectivity index (χ1) is 39.0. The van der Waals surface area contributed by atoms with Gasteiger partial charge in [-0.25, -0.2) is 0 Å². The van der Waals surface area contributed by atoms with Gasteiger partial charge in [0.15, 0.2) is 6.10 Å². The summed E-state index contributed by atoms with van der Waals surface area (Å²) in [6.45, 7) is 6.55. The number of esters is 3. The van der Waals surface area contributed by atoms with E-state index in [9.17, 15) is 14.4 Å². The third kappa shape index (κ3) is 65.3. The van der Waals surface area contributed by atoms with Gasteiger partial charge in [-0.3, -0.25) is 14.4 Å². The van der Waals surface area contributed by atoms with Crippen LogP contribution in [0.25, 0.3) is 0 Å². The summed E-state index contributed by atoms with van der Waals surface area (Å²) in [5.74, 6) is -0.885. The average molecular weight is 1100 g/mol. The maximum atomic E-state index is 12.9. The number of hydrogen-bond acceptors (Lipinski definition) is 6. The van der Waals surface area contributed by atoms with Gasteiger partial charge in [0.05, 0.1) is 0 Å². The Hall–Kier alpha value is -3.41.